The molecule has 1 aliphatic rings. The van der Waals surface area contributed by atoms with Crippen molar-refractivity contribution < 1.29 is 4.79 Å². The SMILES string of the molecule is CCC(CC)CNC(=O)c1cc(N)cn1C1CC1. The fourth-order valence-corrected chi connectivity index (χ4v) is 2.24. The quantitative estimate of drug-likeness (QED) is 0.814. The molecule has 3 N–H and O–H groups in total. The lowest BCUT2D eigenvalue weighted by Gasteiger charge is -2.14. The Kier molecular flexibility index (Phi) is 3.94. The topological polar surface area (TPSA) is 60.1 Å². The number of nitrogen functional groups attached to an aromatic ring is 1. The summed E-state index contributed by atoms with van der Waals surface area (Å²) in [4.78, 5) is 12.2. The third-order valence-corrected chi connectivity index (χ3v) is 3.75. The minimum Gasteiger partial charge on any atom is -0.397 e. The maximum Gasteiger partial charge on any atom is 0.268 e. The van der Waals surface area contributed by atoms with Gasteiger partial charge in [-0.25, -0.2) is 0 Å². The molecular weight excluding hydrogens is 226 g/mol. The zero-order valence-electron chi connectivity index (χ0n) is 11.3. The number of rotatable bonds is 6. The molecule has 4 nitrogen and oxygen atoms in total. The molecule has 1 amide bonds. The van der Waals surface area contributed by atoms with Gasteiger partial charge in [-0.3, -0.25) is 4.79 Å². The molecule has 100 valence electrons. The lowest BCUT2D eigenvalue weighted by Crippen LogP contribution is -2.30. The zero-order valence-corrected chi connectivity index (χ0v) is 11.3. The summed E-state index contributed by atoms with van der Waals surface area (Å²) in [6, 6.07) is 2.26. The molecule has 0 unspecified atom stereocenters. The van der Waals surface area contributed by atoms with Gasteiger partial charge in [-0.15, -0.1) is 0 Å². The lowest BCUT2D eigenvalue weighted by atomic mass is 10.0. The molecule has 0 aromatic carbocycles. The van der Waals surface area contributed by atoms with Gasteiger partial charge in [0.05, 0.1) is 5.69 Å². The van der Waals surface area contributed by atoms with Gasteiger partial charge < -0.3 is 15.6 Å². The third kappa shape index (κ3) is 2.86. The van der Waals surface area contributed by atoms with Crippen molar-refractivity contribution in [3.63, 3.8) is 0 Å². The lowest BCUT2D eigenvalue weighted by molar-refractivity contribution is 0.0937. The number of anilines is 1. The first kappa shape index (κ1) is 13.0. The highest BCUT2D eigenvalue weighted by molar-refractivity contribution is 5.93. The summed E-state index contributed by atoms with van der Waals surface area (Å²) in [6.45, 7) is 5.07. The number of aromatic nitrogens is 1. The van der Waals surface area contributed by atoms with Gasteiger partial charge in [0, 0.05) is 18.8 Å². The van der Waals surface area contributed by atoms with Crippen LogP contribution in [0.3, 0.4) is 0 Å². The van der Waals surface area contributed by atoms with Crippen LogP contribution in [0.4, 0.5) is 5.69 Å². The monoisotopic (exact) mass is 249 g/mol. The van der Waals surface area contributed by atoms with Crippen molar-refractivity contribution in [1.29, 1.82) is 0 Å². The van der Waals surface area contributed by atoms with E-state index >= 15 is 0 Å². The van der Waals surface area contributed by atoms with Gasteiger partial charge in [-0.1, -0.05) is 26.7 Å². The van der Waals surface area contributed by atoms with Gasteiger partial charge in [0.1, 0.15) is 5.69 Å². The predicted molar refractivity (Wildman–Crippen MR) is 73.5 cm³/mol. The Labute approximate surface area is 109 Å². The van der Waals surface area contributed by atoms with Gasteiger partial charge in [-0.05, 0) is 24.8 Å². The zero-order chi connectivity index (χ0) is 13.1. The van der Waals surface area contributed by atoms with Gasteiger partial charge in [0.15, 0.2) is 0 Å². The van der Waals surface area contributed by atoms with E-state index in [9.17, 15) is 4.79 Å². The minimum atomic E-state index is 0.00509. The fourth-order valence-electron chi connectivity index (χ4n) is 2.24. The van der Waals surface area contributed by atoms with Crippen LogP contribution in [0.15, 0.2) is 12.3 Å². The second kappa shape index (κ2) is 5.46. The van der Waals surface area contributed by atoms with Gasteiger partial charge in [-0.2, -0.15) is 0 Å². The van der Waals surface area contributed by atoms with E-state index in [0.717, 1.165) is 32.2 Å². The Bertz CT molecular complexity index is 417. The van der Waals surface area contributed by atoms with Gasteiger partial charge in [0.25, 0.3) is 5.91 Å². The maximum absolute atomic E-state index is 12.2. The van der Waals surface area contributed by atoms with E-state index in [1.54, 1.807) is 6.07 Å². The van der Waals surface area contributed by atoms with E-state index in [1.165, 1.54) is 0 Å². The standard InChI is InChI=1S/C14H23N3O/c1-3-10(4-2)8-16-14(18)13-7-11(15)9-17(13)12-5-6-12/h7,9-10,12H,3-6,8,15H2,1-2H3,(H,16,18). The molecule has 1 aromatic rings. The van der Waals surface area contributed by atoms with E-state index in [4.69, 9.17) is 5.73 Å². The van der Waals surface area contributed by atoms with Gasteiger partial charge in [0.2, 0.25) is 0 Å². The van der Waals surface area contributed by atoms with Gasteiger partial charge >= 0.3 is 0 Å². The van der Waals surface area contributed by atoms with E-state index < -0.39 is 0 Å². The largest absolute Gasteiger partial charge is 0.397 e. The molecule has 1 aliphatic carbocycles. The molecule has 0 atom stereocenters. The second-order valence-electron chi connectivity index (χ2n) is 5.19. The van der Waals surface area contributed by atoms with Crippen molar-refractivity contribution in [2.75, 3.05) is 12.3 Å². The molecule has 4 heteroatoms. The second-order valence-corrected chi connectivity index (χ2v) is 5.19. The molecular formula is C14H23N3O. The van der Waals surface area contributed by atoms with Crippen LogP contribution in [0.2, 0.25) is 0 Å². The van der Waals surface area contributed by atoms with Crippen LogP contribution >= 0.6 is 0 Å². The van der Waals surface area contributed by atoms with Crippen molar-refractivity contribution in [2.24, 2.45) is 5.92 Å². The van der Waals surface area contributed by atoms with Crippen molar-refractivity contribution in [2.45, 2.75) is 45.6 Å². The van der Waals surface area contributed by atoms with E-state index in [2.05, 4.69) is 19.2 Å². The van der Waals surface area contributed by atoms with Crippen LogP contribution in [0.25, 0.3) is 0 Å². The minimum absolute atomic E-state index is 0.00509. The van der Waals surface area contributed by atoms with Crippen LogP contribution in [0.1, 0.15) is 56.1 Å². The molecule has 0 spiro atoms. The normalized spacial score (nSPS) is 15.1. The summed E-state index contributed by atoms with van der Waals surface area (Å²) in [5, 5.41) is 3.02. The highest BCUT2D eigenvalue weighted by Crippen LogP contribution is 2.37. The first-order chi connectivity index (χ1) is 8.65. The molecule has 1 heterocycles. The van der Waals surface area contributed by atoms with Crippen molar-refractivity contribution in [3.05, 3.63) is 18.0 Å². The maximum atomic E-state index is 12.2. The molecule has 0 saturated heterocycles. The number of carbonyl (C=O) groups excluding carboxylic acids is 1. The molecule has 1 saturated carbocycles. The number of amides is 1. The molecule has 2 rings (SSSR count). The Morgan fingerprint density at radius 3 is 2.72 bits per heavy atom. The molecule has 0 aliphatic heterocycles. The number of hydrogen-bond acceptors (Lipinski definition) is 2. The summed E-state index contributed by atoms with van der Waals surface area (Å²) < 4.78 is 2.03. The Hall–Kier alpha value is -1.45. The Morgan fingerprint density at radius 1 is 1.50 bits per heavy atom. The van der Waals surface area contributed by atoms with Crippen LogP contribution < -0.4 is 11.1 Å². The first-order valence-electron chi connectivity index (χ1n) is 6.91. The average molecular weight is 249 g/mol. The molecule has 1 fully saturated rings. The molecule has 1 aromatic heterocycles. The summed E-state index contributed by atoms with van der Waals surface area (Å²) in [5.41, 5.74) is 7.18. The fraction of sp³-hybridized carbons (Fsp3) is 0.643. The first-order valence-corrected chi connectivity index (χ1v) is 6.91. The smallest absolute Gasteiger partial charge is 0.268 e. The van der Waals surface area contributed by atoms with Crippen molar-refractivity contribution >= 4 is 11.6 Å². The third-order valence-electron chi connectivity index (χ3n) is 3.75. The number of carbonyl (C=O) groups is 1. The van der Waals surface area contributed by atoms with Crippen LogP contribution in [0, 0.1) is 5.92 Å². The highest BCUT2D eigenvalue weighted by atomic mass is 16.1. The van der Waals surface area contributed by atoms with E-state index in [1.807, 2.05) is 10.8 Å². The van der Waals surface area contributed by atoms with Crippen molar-refractivity contribution in [1.82, 2.24) is 9.88 Å². The average Bonchev–Trinajstić information content (AvgIpc) is 3.13. The molecule has 0 radical (unpaired) electrons. The number of nitrogens with two attached hydrogens (primary N) is 1. The summed E-state index contributed by atoms with van der Waals surface area (Å²) in [7, 11) is 0. The molecule has 0 bridgehead atoms. The highest BCUT2D eigenvalue weighted by Gasteiger charge is 2.27. The number of nitrogens with one attached hydrogen (secondary N) is 1. The number of nitrogens with zero attached hydrogens (tertiary/aromatic N) is 1. The molecule has 18 heavy (non-hydrogen) atoms. The Balaban J connectivity index is 2.00. The van der Waals surface area contributed by atoms with Crippen LogP contribution in [-0.4, -0.2) is 17.0 Å². The Morgan fingerprint density at radius 2 is 2.17 bits per heavy atom. The van der Waals surface area contributed by atoms with Crippen LogP contribution in [-0.2, 0) is 0 Å². The van der Waals surface area contributed by atoms with Crippen molar-refractivity contribution in [3.8, 4) is 0 Å². The predicted octanol–water partition coefficient (Wildman–Crippen LogP) is 2.57. The summed E-state index contributed by atoms with van der Waals surface area (Å²) in [6.07, 6.45) is 6.39. The van der Waals surface area contributed by atoms with E-state index in [0.29, 0.717) is 23.3 Å². The number of hydrogen-bond donors (Lipinski definition) is 2. The van der Waals surface area contributed by atoms with Crippen LogP contribution in [0.5, 0.6) is 0 Å². The summed E-state index contributed by atoms with van der Waals surface area (Å²) in [5.74, 6) is 0.570. The summed E-state index contributed by atoms with van der Waals surface area (Å²) >= 11 is 0. The van der Waals surface area contributed by atoms with E-state index in [-0.39, 0.29) is 5.91 Å².